The Kier molecular flexibility index (Phi) is 5.74. The van der Waals surface area contributed by atoms with E-state index in [1.807, 2.05) is 41.5 Å². The maximum Gasteiger partial charge on any atom is 0.273 e. The zero-order valence-electron chi connectivity index (χ0n) is 15.2. The van der Waals surface area contributed by atoms with Crippen molar-refractivity contribution in [2.75, 3.05) is 13.2 Å². The van der Waals surface area contributed by atoms with Crippen molar-refractivity contribution in [3.8, 4) is 16.3 Å². The predicted octanol–water partition coefficient (Wildman–Crippen LogP) is 4.86. The fourth-order valence-corrected chi connectivity index (χ4v) is 3.55. The molecule has 0 atom stereocenters. The van der Waals surface area contributed by atoms with Crippen molar-refractivity contribution in [2.45, 2.75) is 46.1 Å². The summed E-state index contributed by atoms with van der Waals surface area (Å²) in [5.74, 6) is 1.54. The number of hydrogen-bond donors (Lipinski definition) is 0. The summed E-state index contributed by atoms with van der Waals surface area (Å²) in [5.41, 5.74) is 1.59. The van der Waals surface area contributed by atoms with Gasteiger partial charge in [0.25, 0.3) is 5.91 Å². The molecule has 2 aromatic rings. The maximum atomic E-state index is 12.9. The number of amides is 1. The van der Waals surface area contributed by atoms with Gasteiger partial charge in [-0.25, -0.2) is 4.98 Å². The van der Waals surface area contributed by atoms with E-state index in [0.29, 0.717) is 24.3 Å². The van der Waals surface area contributed by atoms with Gasteiger partial charge in [-0.15, -0.1) is 11.3 Å². The number of rotatable bonds is 8. The van der Waals surface area contributed by atoms with Crippen LogP contribution in [0.1, 0.15) is 50.5 Å². The Balaban J connectivity index is 1.71. The summed E-state index contributed by atoms with van der Waals surface area (Å²) < 4.78 is 5.47. The van der Waals surface area contributed by atoms with Crippen molar-refractivity contribution < 1.29 is 9.53 Å². The van der Waals surface area contributed by atoms with Crippen molar-refractivity contribution in [1.29, 1.82) is 0 Å². The summed E-state index contributed by atoms with van der Waals surface area (Å²) in [5, 5.41) is 2.77. The monoisotopic (exact) mass is 358 g/mol. The first-order valence-corrected chi connectivity index (χ1v) is 9.96. The summed E-state index contributed by atoms with van der Waals surface area (Å²) in [4.78, 5) is 19.5. The first-order chi connectivity index (χ1) is 12.1. The van der Waals surface area contributed by atoms with E-state index in [4.69, 9.17) is 4.74 Å². The molecule has 1 aliphatic carbocycles. The van der Waals surface area contributed by atoms with E-state index in [0.717, 1.165) is 42.1 Å². The van der Waals surface area contributed by atoms with Gasteiger partial charge in [0.05, 0.1) is 6.61 Å². The second-order valence-electron chi connectivity index (χ2n) is 6.91. The van der Waals surface area contributed by atoms with Gasteiger partial charge in [-0.1, -0.05) is 13.8 Å². The largest absolute Gasteiger partial charge is 0.494 e. The van der Waals surface area contributed by atoms with Crippen LogP contribution < -0.4 is 4.74 Å². The van der Waals surface area contributed by atoms with Crippen molar-refractivity contribution in [3.05, 3.63) is 35.3 Å². The van der Waals surface area contributed by atoms with Crippen LogP contribution in [0.15, 0.2) is 29.6 Å². The number of hydrogen-bond acceptors (Lipinski definition) is 4. The van der Waals surface area contributed by atoms with Gasteiger partial charge in [-0.05, 0) is 56.4 Å². The van der Waals surface area contributed by atoms with Gasteiger partial charge in [0, 0.05) is 23.5 Å². The molecule has 4 nitrogen and oxygen atoms in total. The van der Waals surface area contributed by atoms with E-state index in [1.165, 1.54) is 11.3 Å². The van der Waals surface area contributed by atoms with Crippen molar-refractivity contribution in [3.63, 3.8) is 0 Å². The molecule has 0 aliphatic heterocycles. The van der Waals surface area contributed by atoms with Gasteiger partial charge >= 0.3 is 0 Å². The van der Waals surface area contributed by atoms with E-state index in [-0.39, 0.29) is 5.91 Å². The Morgan fingerprint density at radius 3 is 2.64 bits per heavy atom. The third kappa shape index (κ3) is 4.60. The molecule has 25 heavy (non-hydrogen) atoms. The van der Waals surface area contributed by atoms with E-state index in [2.05, 4.69) is 18.8 Å². The molecular formula is C20H26N2O2S. The minimum atomic E-state index is 0.0802. The Labute approximate surface area is 153 Å². The lowest BCUT2D eigenvalue weighted by Gasteiger charge is -2.22. The zero-order valence-corrected chi connectivity index (χ0v) is 16.0. The van der Waals surface area contributed by atoms with Crippen molar-refractivity contribution >= 4 is 17.2 Å². The molecule has 5 heteroatoms. The minimum Gasteiger partial charge on any atom is -0.494 e. The second kappa shape index (κ2) is 8.00. The molecule has 0 saturated heterocycles. The van der Waals surface area contributed by atoms with Crippen LogP contribution in [0.4, 0.5) is 0 Å². The van der Waals surface area contributed by atoms with Crippen LogP contribution >= 0.6 is 11.3 Å². The van der Waals surface area contributed by atoms with Crippen molar-refractivity contribution in [2.24, 2.45) is 5.92 Å². The molecule has 1 aromatic heterocycles. The second-order valence-corrected chi connectivity index (χ2v) is 7.77. The number of carbonyl (C=O) groups is 1. The smallest absolute Gasteiger partial charge is 0.273 e. The fraction of sp³-hybridized carbons (Fsp3) is 0.500. The van der Waals surface area contributed by atoms with Crippen LogP contribution in [0.5, 0.6) is 5.75 Å². The highest BCUT2D eigenvalue weighted by Gasteiger charge is 2.33. The summed E-state index contributed by atoms with van der Waals surface area (Å²) in [6, 6.07) is 8.30. The van der Waals surface area contributed by atoms with Crippen LogP contribution in [0.2, 0.25) is 0 Å². The molecule has 1 amide bonds. The lowest BCUT2D eigenvalue weighted by molar-refractivity contribution is 0.0730. The molecule has 0 N–H and O–H groups in total. The molecule has 1 aliphatic rings. The predicted molar refractivity (Wildman–Crippen MR) is 102 cm³/mol. The van der Waals surface area contributed by atoms with Crippen molar-refractivity contribution in [1.82, 2.24) is 9.88 Å². The Hall–Kier alpha value is -1.88. The third-order valence-electron chi connectivity index (χ3n) is 4.33. The summed E-state index contributed by atoms with van der Waals surface area (Å²) in [6.07, 6.45) is 3.29. The van der Waals surface area contributed by atoms with E-state index >= 15 is 0 Å². The molecule has 0 unspecified atom stereocenters. The Bertz CT molecular complexity index is 705. The number of nitrogens with zero attached hydrogens (tertiary/aromatic N) is 2. The third-order valence-corrected chi connectivity index (χ3v) is 5.22. The first-order valence-electron chi connectivity index (χ1n) is 9.08. The number of aromatic nitrogens is 1. The van der Waals surface area contributed by atoms with Gasteiger partial charge in [0.1, 0.15) is 16.5 Å². The van der Waals surface area contributed by atoms with Crippen LogP contribution in [0, 0.1) is 5.92 Å². The first kappa shape index (κ1) is 17.9. The van der Waals surface area contributed by atoms with Gasteiger partial charge in [0.2, 0.25) is 0 Å². The van der Waals surface area contributed by atoms with Gasteiger partial charge in [0.15, 0.2) is 0 Å². The highest BCUT2D eigenvalue weighted by Crippen LogP contribution is 2.31. The maximum absolute atomic E-state index is 12.9. The van der Waals surface area contributed by atoms with Crippen LogP contribution in [-0.4, -0.2) is 35.0 Å². The molecule has 3 rings (SSSR count). The zero-order chi connectivity index (χ0) is 17.8. The van der Waals surface area contributed by atoms with Crippen LogP contribution in [0.3, 0.4) is 0 Å². The van der Waals surface area contributed by atoms with Crippen LogP contribution in [0.25, 0.3) is 10.6 Å². The van der Waals surface area contributed by atoms with E-state index < -0.39 is 0 Å². The normalized spacial score (nSPS) is 13.9. The summed E-state index contributed by atoms with van der Waals surface area (Å²) in [6.45, 7) is 7.85. The molecule has 1 saturated carbocycles. The minimum absolute atomic E-state index is 0.0802. The summed E-state index contributed by atoms with van der Waals surface area (Å²) in [7, 11) is 0. The quantitative estimate of drug-likeness (QED) is 0.677. The summed E-state index contributed by atoms with van der Waals surface area (Å²) >= 11 is 1.52. The number of ether oxygens (including phenoxy) is 1. The van der Waals surface area contributed by atoms with Gasteiger partial charge < -0.3 is 9.64 Å². The van der Waals surface area contributed by atoms with Gasteiger partial charge in [-0.2, -0.15) is 0 Å². The highest BCUT2D eigenvalue weighted by atomic mass is 32.1. The lowest BCUT2D eigenvalue weighted by atomic mass is 10.1. The lowest BCUT2D eigenvalue weighted by Crippen LogP contribution is -2.34. The molecule has 134 valence electrons. The molecule has 1 heterocycles. The van der Waals surface area contributed by atoms with Gasteiger partial charge in [-0.3, -0.25) is 4.79 Å². The molecular weight excluding hydrogens is 332 g/mol. The van der Waals surface area contributed by atoms with E-state index in [9.17, 15) is 4.79 Å². The molecule has 1 fully saturated rings. The number of benzene rings is 1. The molecule has 1 aromatic carbocycles. The topological polar surface area (TPSA) is 42.4 Å². The fourth-order valence-electron chi connectivity index (χ4n) is 2.75. The number of carbonyl (C=O) groups excluding carboxylic acids is 1. The average Bonchev–Trinajstić information content (AvgIpc) is 3.31. The molecule has 0 radical (unpaired) electrons. The Morgan fingerprint density at radius 1 is 1.32 bits per heavy atom. The molecule has 0 bridgehead atoms. The average molecular weight is 359 g/mol. The van der Waals surface area contributed by atoms with E-state index in [1.54, 1.807) is 0 Å². The Morgan fingerprint density at radius 2 is 2.04 bits per heavy atom. The number of thiazole rings is 1. The molecule has 0 spiro atoms. The standard InChI is InChI=1S/C20H26N2O2S/c1-4-24-17-9-5-15(6-10-17)19-21-18(13-25-19)20(23)22(16-7-8-16)12-11-14(2)3/h5-6,9-10,13-14,16H,4,7-8,11-12H2,1-3H3. The SMILES string of the molecule is CCOc1ccc(-c2nc(C(=O)N(CCC(C)C)C3CC3)cs2)cc1. The highest BCUT2D eigenvalue weighted by molar-refractivity contribution is 7.13. The van der Waals surface area contributed by atoms with Crippen LogP contribution in [-0.2, 0) is 0 Å².